The first kappa shape index (κ1) is 8.97. The molecule has 0 aliphatic rings. The van der Waals surface area contributed by atoms with E-state index in [-0.39, 0.29) is 0 Å². The van der Waals surface area contributed by atoms with Crippen LogP contribution in [-0.2, 0) is 0 Å². The van der Waals surface area contributed by atoms with Crippen molar-refractivity contribution in [3.8, 4) is 11.3 Å². The van der Waals surface area contributed by atoms with Gasteiger partial charge in [0.15, 0.2) is 0 Å². The first-order chi connectivity index (χ1) is 6.77. The Hall–Kier alpha value is -1.61. The zero-order valence-corrected chi connectivity index (χ0v) is 7.95. The van der Waals surface area contributed by atoms with Crippen LogP contribution in [0.1, 0.15) is 10.5 Å². The average molecular weight is 207 g/mol. The Bertz CT molecular complexity index is 450. The fourth-order valence-corrected chi connectivity index (χ4v) is 1.28. The summed E-state index contributed by atoms with van der Waals surface area (Å²) in [5, 5.41) is 6.02. The summed E-state index contributed by atoms with van der Waals surface area (Å²) in [7, 11) is 0. The zero-order chi connectivity index (χ0) is 9.97. The third-order valence-electron chi connectivity index (χ3n) is 1.86. The number of halogens is 1. The molecule has 1 aromatic carbocycles. The van der Waals surface area contributed by atoms with E-state index in [0.29, 0.717) is 5.69 Å². The van der Waals surface area contributed by atoms with E-state index < -0.39 is 5.24 Å². The number of rotatable bonds is 2. The number of hydrogen-bond donors (Lipinski definition) is 1. The van der Waals surface area contributed by atoms with Gasteiger partial charge in [0, 0.05) is 5.56 Å². The molecular formula is C10H7ClN2O. The van der Waals surface area contributed by atoms with E-state index in [1.54, 1.807) is 6.07 Å². The van der Waals surface area contributed by atoms with Crippen LogP contribution in [0.25, 0.3) is 11.3 Å². The second-order valence-corrected chi connectivity index (χ2v) is 3.15. The lowest BCUT2D eigenvalue weighted by atomic mass is 10.1. The number of benzene rings is 1. The first-order valence-corrected chi connectivity index (χ1v) is 4.46. The number of aromatic amines is 1. The molecule has 14 heavy (non-hydrogen) atoms. The highest BCUT2D eigenvalue weighted by Crippen LogP contribution is 2.17. The second kappa shape index (κ2) is 3.64. The Balaban J connectivity index is 2.39. The first-order valence-electron chi connectivity index (χ1n) is 4.08. The number of carbonyl (C=O) groups excluding carboxylic acids is 1. The van der Waals surface area contributed by atoms with E-state index in [4.69, 9.17) is 11.6 Å². The minimum atomic E-state index is -0.528. The molecule has 0 saturated carbocycles. The number of H-pyrrole nitrogens is 1. The van der Waals surface area contributed by atoms with Crippen molar-refractivity contribution in [3.63, 3.8) is 0 Å². The Labute approximate surface area is 85.7 Å². The van der Waals surface area contributed by atoms with Gasteiger partial charge in [-0.2, -0.15) is 5.10 Å². The van der Waals surface area contributed by atoms with E-state index in [2.05, 4.69) is 10.2 Å². The highest BCUT2D eigenvalue weighted by Gasteiger charge is 2.07. The highest BCUT2D eigenvalue weighted by molar-refractivity contribution is 6.67. The molecule has 4 heteroatoms. The summed E-state index contributed by atoms with van der Waals surface area (Å²) < 4.78 is 0. The SMILES string of the molecule is O=C(Cl)c1cc(-c2ccccc2)n[nH]1. The Morgan fingerprint density at radius 1 is 1.29 bits per heavy atom. The van der Waals surface area contributed by atoms with Crippen molar-refractivity contribution in [2.24, 2.45) is 0 Å². The minimum Gasteiger partial charge on any atom is -0.274 e. The third-order valence-corrected chi connectivity index (χ3v) is 2.06. The van der Waals surface area contributed by atoms with Crippen molar-refractivity contribution in [1.29, 1.82) is 0 Å². The summed E-state index contributed by atoms with van der Waals surface area (Å²) in [5.41, 5.74) is 1.98. The largest absolute Gasteiger partial charge is 0.274 e. The standard InChI is InChI=1S/C10H7ClN2O/c11-10(14)9-6-8(12-13-9)7-4-2-1-3-5-7/h1-6H,(H,12,13). The van der Waals surface area contributed by atoms with Crippen molar-refractivity contribution in [2.45, 2.75) is 0 Å². The lowest BCUT2D eigenvalue weighted by Crippen LogP contribution is -1.86. The molecule has 0 spiro atoms. The second-order valence-electron chi connectivity index (χ2n) is 2.81. The molecule has 0 fully saturated rings. The smallest absolute Gasteiger partial charge is 0.270 e. The molecule has 0 saturated heterocycles. The molecule has 1 heterocycles. The van der Waals surface area contributed by atoms with Crippen molar-refractivity contribution in [1.82, 2.24) is 10.2 Å². The maximum Gasteiger partial charge on any atom is 0.270 e. The summed E-state index contributed by atoms with van der Waals surface area (Å²) >= 11 is 5.29. The van der Waals surface area contributed by atoms with Crippen molar-refractivity contribution in [2.75, 3.05) is 0 Å². The number of hydrogen-bond acceptors (Lipinski definition) is 2. The zero-order valence-electron chi connectivity index (χ0n) is 7.20. The van der Waals surface area contributed by atoms with Gasteiger partial charge in [-0.25, -0.2) is 0 Å². The monoisotopic (exact) mass is 206 g/mol. The van der Waals surface area contributed by atoms with Crippen molar-refractivity contribution < 1.29 is 4.79 Å². The van der Waals surface area contributed by atoms with Crippen molar-refractivity contribution in [3.05, 3.63) is 42.1 Å². The molecule has 0 aliphatic heterocycles. The van der Waals surface area contributed by atoms with Crippen LogP contribution in [0.2, 0.25) is 0 Å². The molecule has 2 rings (SSSR count). The fourth-order valence-electron chi connectivity index (χ4n) is 1.18. The number of aromatic nitrogens is 2. The lowest BCUT2D eigenvalue weighted by Gasteiger charge is -1.92. The normalized spacial score (nSPS) is 10.1. The van der Waals surface area contributed by atoms with Gasteiger partial charge in [-0.3, -0.25) is 9.89 Å². The molecule has 0 bridgehead atoms. The summed E-state index contributed by atoms with van der Waals surface area (Å²) in [6, 6.07) is 11.2. The van der Waals surface area contributed by atoms with Gasteiger partial charge in [0.1, 0.15) is 5.69 Å². The van der Waals surface area contributed by atoms with Gasteiger partial charge >= 0.3 is 0 Å². The van der Waals surface area contributed by atoms with Gasteiger partial charge in [0.05, 0.1) is 5.69 Å². The van der Waals surface area contributed by atoms with Crippen LogP contribution in [0.3, 0.4) is 0 Å². The molecule has 3 nitrogen and oxygen atoms in total. The molecule has 0 aliphatic carbocycles. The molecule has 0 atom stereocenters. The van der Waals surface area contributed by atoms with Gasteiger partial charge in [-0.1, -0.05) is 30.3 Å². The number of nitrogens with one attached hydrogen (secondary N) is 1. The molecule has 0 unspecified atom stereocenters. The van der Waals surface area contributed by atoms with E-state index in [1.807, 2.05) is 30.3 Å². The molecule has 2 aromatic rings. The van der Waals surface area contributed by atoms with Crippen LogP contribution >= 0.6 is 11.6 Å². The van der Waals surface area contributed by atoms with Crippen molar-refractivity contribution >= 4 is 16.8 Å². The minimum absolute atomic E-state index is 0.311. The highest BCUT2D eigenvalue weighted by atomic mass is 35.5. The molecule has 70 valence electrons. The Morgan fingerprint density at radius 2 is 2.00 bits per heavy atom. The average Bonchev–Trinajstić information content (AvgIpc) is 2.68. The molecule has 0 radical (unpaired) electrons. The van der Waals surface area contributed by atoms with Gasteiger partial charge in [0.25, 0.3) is 5.24 Å². The van der Waals surface area contributed by atoms with E-state index in [1.165, 1.54) is 0 Å². The predicted octanol–water partition coefficient (Wildman–Crippen LogP) is 2.46. The molecule has 0 amide bonds. The van der Waals surface area contributed by atoms with E-state index >= 15 is 0 Å². The van der Waals surface area contributed by atoms with Crippen LogP contribution < -0.4 is 0 Å². The quantitative estimate of drug-likeness (QED) is 0.768. The van der Waals surface area contributed by atoms with Crippen LogP contribution in [0.5, 0.6) is 0 Å². The molecular weight excluding hydrogens is 200 g/mol. The van der Waals surface area contributed by atoms with Crippen LogP contribution in [-0.4, -0.2) is 15.4 Å². The van der Waals surface area contributed by atoms with Crippen LogP contribution in [0.15, 0.2) is 36.4 Å². The van der Waals surface area contributed by atoms with Crippen LogP contribution in [0, 0.1) is 0 Å². The predicted molar refractivity (Wildman–Crippen MR) is 54.2 cm³/mol. The molecule has 1 N–H and O–H groups in total. The van der Waals surface area contributed by atoms with Gasteiger partial charge in [0.2, 0.25) is 0 Å². The maximum atomic E-state index is 10.8. The van der Waals surface area contributed by atoms with Crippen LogP contribution in [0.4, 0.5) is 0 Å². The Kier molecular flexibility index (Phi) is 2.33. The number of nitrogens with zero attached hydrogens (tertiary/aromatic N) is 1. The third kappa shape index (κ3) is 1.67. The summed E-state index contributed by atoms with van der Waals surface area (Å²) in [6.45, 7) is 0. The summed E-state index contributed by atoms with van der Waals surface area (Å²) in [5.74, 6) is 0. The topological polar surface area (TPSA) is 45.8 Å². The maximum absolute atomic E-state index is 10.8. The van der Waals surface area contributed by atoms with Gasteiger partial charge in [-0.15, -0.1) is 0 Å². The molecule has 1 aromatic heterocycles. The summed E-state index contributed by atoms with van der Waals surface area (Å²) in [6.07, 6.45) is 0. The fraction of sp³-hybridized carbons (Fsp3) is 0. The van der Waals surface area contributed by atoms with Gasteiger partial charge in [-0.05, 0) is 17.7 Å². The van der Waals surface area contributed by atoms with E-state index in [0.717, 1.165) is 11.3 Å². The van der Waals surface area contributed by atoms with Gasteiger partial charge < -0.3 is 0 Å². The van der Waals surface area contributed by atoms with E-state index in [9.17, 15) is 4.79 Å². The Morgan fingerprint density at radius 3 is 2.57 bits per heavy atom. The lowest BCUT2D eigenvalue weighted by molar-refractivity contribution is 0.107. The number of carbonyl (C=O) groups is 1. The summed E-state index contributed by atoms with van der Waals surface area (Å²) in [4.78, 5) is 10.8.